The second-order valence-corrected chi connectivity index (χ2v) is 5.53. The molecular formula is C15H20N4O. The Morgan fingerprint density at radius 2 is 2.40 bits per heavy atom. The summed E-state index contributed by atoms with van der Waals surface area (Å²) in [6, 6.07) is 6.04. The minimum Gasteiger partial charge on any atom is -0.315 e. The number of hydrogen-bond donors (Lipinski definition) is 1. The van der Waals surface area contributed by atoms with Gasteiger partial charge in [-0.25, -0.2) is 4.98 Å². The zero-order valence-electron chi connectivity index (χ0n) is 12.0. The topological polar surface area (TPSA) is 49.6 Å². The summed E-state index contributed by atoms with van der Waals surface area (Å²) >= 11 is 0. The summed E-state index contributed by atoms with van der Waals surface area (Å²) in [4.78, 5) is 19.1. The van der Waals surface area contributed by atoms with E-state index in [4.69, 9.17) is 0 Å². The molecule has 0 saturated carbocycles. The third-order valence-corrected chi connectivity index (χ3v) is 4.01. The van der Waals surface area contributed by atoms with E-state index in [2.05, 4.69) is 22.2 Å². The molecule has 0 bridgehead atoms. The van der Waals surface area contributed by atoms with Crippen LogP contribution < -0.4 is 10.9 Å². The third kappa shape index (κ3) is 2.46. The van der Waals surface area contributed by atoms with E-state index < -0.39 is 0 Å². The van der Waals surface area contributed by atoms with Crippen LogP contribution in [0, 0.1) is 6.92 Å². The third-order valence-electron chi connectivity index (χ3n) is 4.01. The Labute approximate surface area is 118 Å². The Morgan fingerprint density at radius 3 is 3.15 bits per heavy atom. The van der Waals surface area contributed by atoms with Gasteiger partial charge in [-0.3, -0.25) is 14.1 Å². The molecular weight excluding hydrogens is 252 g/mol. The highest BCUT2D eigenvalue weighted by molar-refractivity contribution is 5.46. The Hall–Kier alpha value is -1.72. The molecule has 0 spiro atoms. The highest BCUT2D eigenvalue weighted by Crippen LogP contribution is 2.11. The molecule has 106 valence electrons. The lowest BCUT2D eigenvalue weighted by Crippen LogP contribution is -2.33. The summed E-state index contributed by atoms with van der Waals surface area (Å²) in [6.45, 7) is 4.78. The minimum atomic E-state index is -0.00773. The quantitative estimate of drug-likeness (QED) is 0.898. The molecule has 2 aromatic heterocycles. The van der Waals surface area contributed by atoms with Crippen molar-refractivity contribution >= 4 is 5.65 Å². The van der Waals surface area contributed by atoms with Crippen LogP contribution in [0.3, 0.4) is 0 Å². The Balaban J connectivity index is 1.92. The van der Waals surface area contributed by atoms with Gasteiger partial charge in [0.1, 0.15) is 5.65 Å². The van der Waals surface area contributed by atoms with Crippen molar-refractivity contribution in [1.82, 2.24) is 19.6 Å². The fraction of sp³-hybridized carbons (Fsp3) is 0.467. The first kappa shape index (κ1) is 13.3. The molecule has 2 aromatic rings. The minimum absolute atomic E-state index is 0.00773. The van der Waals surface area contributed by atoms with Gasteiger partial charge in [-0.1, -0.05) is 6.07 Å². The molecule has 0 radical (unpaired) electrons. The van der Waals surface area contributed by atoms with E-state index in [1.165, 1.54) is 0 Å². The first-order valence-corrected chi connectivity index (χ1v) is 7.04. The molecule has 5 nitrogen and oxygen atoms in total. The molecule has 1 aliphatic rings. The van der Waals surface area contributed by atoms with Crippen LogP contribution in [0.5, 0.6) is 0 Å². The number of nitrogens with one attached hydrogen (secondary N) is 1. The second-order valence-electron chi connectivity index (χ2n) is 5.53. The van der Waals surface area contributed by atoms with E-state index in [0.717, 1.165) is 36.4 Å². The van der Waals surface area contributed by atoms with Gasteiger partial charge in [0.15, 0.2) is 0 Å². The molecule has 5 heteroatoms. The van der Waals surface area contributed by atoms with E-state index >= 15 is 0 Å². The van der Waals surface area contributed by atoms with E-state index in [9.17, 15) is 4.79 Å². The molecule has 1 N–H and O–H groups in total. The van der Waals surface area contributed by atoms with E-state index in [0.29, 0.717) is 12.6 Å². The summed E-state index contributed by atoms with van der Waals surface area (Å²) in [7, 11) is 2.10. The number of aryl methyl sites for hydroxylation is 1. The number of likely N-dealkylation sites (N-methyl/N-ethyl adjacent to an activating group) is 1. The summed E-state index contributed by atoms with van der Waals surface area (Å²) < 4.78 is 1.61. The Kier molecular flexibility index (Phi) is 3.54. The molecule has 1 fully saturated rings. The zero-order chi connectivity index (χ0) is 14.1. The highest BCUT2D eigenvalue weighted by Gasteiger charge is 2.19. The van der Waals surface area contributed by atoms with Gasteiger partial charge < -0.3 is 5.32 Å². The van der Waals surface area contributed by atoms with Crippen molar-refractivity contribution in [2.75, 3.05) is 20.1 Å². The van der Waals surface area contributed by atoms with Gasteiger partial charge in [-0.05, 0) is 38.6 Å². The molecule has 3 rings (SSSR count). The van der Waals surface area contributed by atoms with Crippen molar-refractivity contribution in [3.63, 3.8) is 0 Å². The van der Waals surface area contributed by atoms with Gasteiger partial charge in [-0.2, -0.15) is 0 Å². The van der Waals surface area contributed by atoms with Crippen LogP contribution in [0.2, 0.25) is 0 Å². The number of aromatic nitrogens is 2. The fourth-order valence-electron chi connectivity index (χ4n) is 2.79. The number of hydrogen-bond acceptors (Lipinski definition) is 4. The largest absolute Gasteiger partial charge is 0.315 e. The van der Waals surface area contributed by atoms with E-state index in [1.54, 1.807) is 16.7 Å². The number of fused-ring (bicyclic) bond motifs is 1. The van der Waals surface area contributed by atoms with Crippen LogP contribution in [0.15, 0.2) is 29.2 Å². The van der Waals surface area contributed by atoms with Crippen molar-refractivity contribution in [2.45, 2.75) is 25.9 Å². The number of rotatable bonds is 3. The van der Waals surface area contributed by atoms with E-state index in [-0.39, 0.29) is 5.56 Å². The predicted octanol–water partition coefficient (Wildman–Crippen LogP) is 0.797. The van der Waals surface area contributed by atoms with Crippen LogP contribution in [-0.4, -0.2) is 40.5 Å². The van der Waals surface area contributed by atoms with Gasteiger partial charge in [0.05, 0.1) is 5.69 Å². The molecule has 0 amide bonds. The highest BCUT2D eigenvalue weighted by atomic mass is 16.1. The molecule has 1 atom stereocenters. The lowest BCUT2D eigenvalue weighted by Gasteiger charge is -2.23. The monoisotopic (exact) mass is 272 g/mol. The lowest BCUT2D eigenvalue weighted by atomic mass is 10.2. The fourth-order valence-corrected chi connectivity index (χ4v) is 2.79. The van der Waals surface area contributed by atoms with Crippen LogP contribution in [0.4, 0.5) is 0 Å². The molecule has 20 heavy (non-hydrogen) atoms. The molecule has 1 saturated heterocycles. The van der Waals surface area contributed by atoms with Gasteiger partial charge in [0.25, 0.3) is 5.56 Å². The average molecular weight is 272 g/mol. The maximum Gasteiger partial charge on any atom is 0.258 e. The van der Waals surface area contributed by atoms with Crippen LogP contribution in [0.1, 0.15) is 17.7 Å². The average Bonchev–Trinajstić information content (AvgIpc) is 2.94. The molecule has 0 aromatic carbocycles. The van der Waals surface area contributed by atoms with Crippen molar-refractivity contribution in [3.8, 4) is 0 Å². The SMILES string of the molecule is Cc1cccn2c(=O)cc(CN(C)C3CCNC3)nc12. The lowest BCUT2D eigenvalue weighted by molar-refractivity contribution is 0.246. The van der Waals surface area contributed by atoms with Gasteiger partial charge in [0.2, 0.25) is 0 Å². The summed E-state index contributed by atoms with van der Waals surface area (Å²) in [5.74, 6) is 0. The second kappa shape index (κ2) is 5.34. The standard InChI is InChI=1S/C15H20N4O/c1-11-4-3-7-19-14(20)8-12(17-15(11)19)10-18(2)13-5-6-16-9-13/h3-4,7-8,13,16H,5-6,9-10H2,1-2H3. The van der Waals surface area contributed by atoms with Crippen molar-refractivity contribution in [3.05, 3.63) is 46.0 Å². The van der Waals surface area contributed by atoms with Crippen LogP contribution in [-0.2, 0) is 6.54 Å². The predicted molar refractivity (Wildman–Crippen MR) is 78.9 cm³/mol. The van der Waals surface area contributed by atoms with Crippen molar-refractivity contribution in [1.29, 1.82) is 0 Å². The number of pyridine rings is 1. The van der Waals surface area contributed by atoms with Crippen molar-refractivity contribution in [2.24, 2.45) is 0 Å². The Bertz CT molecular complexity index is 673. The van der Waals surface area contributed by atoms with Gasteiger partial charge >= 0.3 is 0 Å². The smallest absolute Gasteiger partial charge is 0.258 e. The van der Waals surface area contributed by atoms with Crippen molar-refractivity contribution < 1.29 is 0 Å². The van der Waals surface area contributed by atoms with Crippen LogP contribution >= 0.6 is 0 Å². The zero-order valence-corrected chi connectivity index (χ0v) is 12.0. The molecule has 3 heterocycles. The normalized spacial score (nSPS) is 19.1. The summed E-state index contributed by atoms with van der Waals surface area (Å²) in [6.07, 6.45) is 2.92. The summed E-state index contributed by atoms with van der Waals surface area (Å²) in [5.41, 5.74) is 2.62. The Morgan fingerprint density at radius 1 is 1.55 bits per heavy atom. The first-order valence-electron chi connectivity index (χ1n) is 7.04. The van der Waals surface area contributed by atoms with E-state index in [1.807, 2.05) is 19.1 Å². The number of nitrogens with zero attached hydrogens (tertiary/aromatic N) is 3. The molecule has 1 unspecified atom stereocenters. The van der Waals surface area contributed by atoms with Gasteiger partial charge in [-0.15, -0.1) is 0 Å². The maximum absolute atomic E-state index is 12.1. The molecule has 0 aliphatic carbocycles. The maximum atomic E-state index is 12.1. The van der Waals surface area contributed by atoms with Crippen LogP contribution in [0.25, 0.3) is 5.65 Å². The summed E-state index contributed by atoms with van der Waals surface area (Å²) in [5, 5.41) is 3.36. The van der Waals surface area contributed by atoms with Gasteiger partial charge in [0, 0.05) is 31.4 Å². The molecule has 1 aliphatic heterocycles. The first-order chi connectivity index (χ1) is 9.65.